The van der Waals surface area contributed by atoms with E-state index in [0.717, 1.165) is 10.9 Å². The summed E-state index contributed by atoms with van der Waals surface area (Å²) in [4.78, 5) is 12.6. The fourth-order valence-corrected chi connectivity index (χ4v) is 3.17. The van der Waals surface area contributed by atoms with Crippen molar-refractivity contribution < 1.29 is 4.79 Å². The van der Waals surface area contributed by atoms with Crippen LogP contribution in [0.3, 0.4) is 0 Å². The van der Waals surface area contributed by atoms with Gasteiger partial charge in [0.2, 0.25) is 5.91 Å². The number of nitrogens with one attached hydrogen (secondary N) is 2. The highest BCUT2D eigenvalue weighted by Gasteiger charge is 2.19. The van der Waals surface area contributed by atoms with Crippen LogP contribution in [0.25, 0.3) is 10.8 Å². The molecule has 2 N–H and O–H groups in total. The Bertz CT molecular complexity index is 969. The standard InChI is InChI=1S/C20H18N4O/c25-20(22-19-10-11-21-23-19)14-18(24-12-3-4-13-24)17-9-5-7-15-6-1-2-8-16(15)17/h1-13,18H,14H2,(H2,21,22,23,25). The molecule has 4 rings (SSSR count). The average Bonchev–Trinajstić information content (AvgIpc) is 3.33. The fourth-order valence-electron chi connectivity index (χ4n) is 3.17. The van der Waals surface area contributed by atoms with Gasteiger partial charge in [0.05, 0.1) is 18.7 Å². The van der Waals surface area contributed by atoms with Crippen molar-refractivity contribution in [2.45, 2.75) is 12.5 Å². The molecule has 0 aliphatic heterocycles. The van der Waals surface area contributed by atoms with Gasteiger partial charge in [0.1, 0.15) is 5.82 Å². The van der Waals surface area contributed by atoms with Crippen molar-refractivity contribution in [3.8, 4) is 0 Å². The first-order valence-electron chi connectivity index (χ1n) is 8.20. The third kappa shape index (κ3) is 3.17. The predicted octanol–water partition coefficient (Wildman–Crippen LogP) is 3.98. The minimum absolute atomic E-state index is 0.0594. The Hall–Kier alpha value is -3.34. The maximum absolute atomic E-state index is 12.6. The molecule has 1 atom stereocenters. The number of benzene rings is 2. The van der Waals surface area contributed by atoms with Crippen LogP contribution in [0.1, 0.15) is 18.0 Å². The minimum Gasteiger partial charge on any atom is -0.346 e. The quantitative estimate of drug-likeness (QED) is 0.581. The second-order valence-electron chi connectivity index (χ2n) is 5.94. The molecule has 0 saturated heterocycles. The molecule has 2 heterocycles. The van der Waals surface area contributed by atoms with Crippen LogP contribution >= 0.6 is 0 Å². The van der Waals surface area contributed by atoms with Crippen molar-refractivity contribution >= 4 is 22.5 Å². The van der Waals surface area contributed by atoms with Gasteiger partial charge in [-0.05, 0) is 28.5 Å². The van der Waals surface area contributed by atoms with E-state index in [1.165, 1.54) is 5.39 Å². The summed E-state index contributed by atoms with van der Waals surface area (Å²) in [7, 11) is 0. The van der Waals surface area contributed by atoms with Crippen LogP contribution in [0.2, 0.25) is 0 Å². The van der Waals surface area contributed by atoms with Gasteiger partial charge in [0.15, 0.2) is 0 Å². The van der Waals surface area contributed by atoms with Gasteiger partial charge in [-0.2, -0.15) is 5.10 Å². The van der Waals surface area contributed by atoms with Gasteiger partial charge in [-0.15, -0.1) is 0 Å². The number of H-pyrrole nitrogens is 1. The monoisotopic (exact) mass is 330 g/mol. The van der Waals surface area contributed by atoms with Gasteiger partial charge < -0.3 is 9.88 Å². The topological polar surface area (TPSA) is 62.7 Å². The van der Waals surface area contributed by atoms with Gasteiger partial charge in [-0.3, -0.25) is 9.89 Å². The third-order valence-corrected chi connectivity index (χ3v) is 4.32. The Labute approximate surface area is 145 Å². The van der Waals surface area contributed by atoms with Crippen LogP contribution in [0.4, 0.5) is 5.82 Å². The Morgan fingerprint density at radius 1 is 1.04 bits per heavy atom. The summed E-state index contributed by atoms with van der Waals surface area (Å²) in [5.74, 6) is 0.546. The molecule has 25 heavy (non-hydrogen) atoms. The number of aromatic amines is 1. The highest BCUT2D eigenvalue weighted by atomic mass is 16.1. The van der Waals surface area contributed by atoms with Crippen LogP contribution in [-0.4, -0.2) is 20.7 Å². The minimum atomic E-state index is -0.0796. The van der Waals surface area contributed by atoms with Crippen molar-refractivity contribution in [2.75, 3.05) is 5.32 Å². The number of aromatic nitrogens is 3. The van der Waals surface area contributed by atoms with Gasteiger partial charge in [0.25, 0.3) is 0 Å². The summed E-state index contributed by atoms with van der Waals surface area (Å²) < 4.78 is 2.08. The first-order valence-corrected chi connectivity index (χ1v) is 8.20. The molecule has 5 heteroatoms. The Morgan fingerprint density at radius 3 is 2.64 bits per heavy atom. The Morgan fingerprint density at radius 2 is 1.84 bits per heavy atom. The lowest BCUT2D eigenvalue weighted by molar-refractivity contribution is -0.116. The maximum Gasteiger partial charge on any atom is 0.227 e. The molecule has 0 saturated carbocycles. The first kappa shape index (κ1) is 15.2. The van der Waals surface area contributed by atoms with E-state index >= 15 is 0 Å². The molecular weight excluding hydrogens is 312 g/mol. The summed E-state index contributed by atoms with van der Waals surface area (Å²) in [6.07, 6.45) is 5.94. The molecule has 0 spiro atoms. The summed E-state index contributed by atoms with van der Waals surface area (Å²) in [6, 6.07) is 20.1. The number of carbonyl (C=O) groups excluding carboxylic acids is 1. The van der Waals surface area contributed by atoms with Gasteiger partial charge in [-0.25, -0.2) is 0 Å². The SMILES string of the molecule is O=C(CC(c1cccc2ccccc12)n1cccc1)Nc1ccn[nH]1. The number of amides is 1. The number of anilines is 1. The molecule has 0 radical (unpaired) electrons. The van der Waals surface area contributed by atoms with Gasteiger partial charge >= 0.3 is 0 Å². The molecule has 0 bridgehead atoms. The molecule has 0 aliphatic rings. The summed E-state index contributed by atoms with van der Waals surface area (Å²) >= 11 is 0. The predicted molar refractivity (Wildman–Crippen MR) is 98.4 cm³/mol. The van der Waals surface area contributed by atoms with E-state index < -0.39 is 0 Å². The van der Waals surface area contributed by atoms with Gasteiger partial charge in [-0.1, -0.05) is 42.5 Å². The zero-order chi connectivity index (χ0) is 17.1. The largest absolute Gasteiger partial charge is 0.346 e. The highest BCUT2D eigenvalue weighted by molar-refractivity contribution is 5.91. The number of hydrogen-bond donors (Lipinski definition) is 2. The van der Waals surface area contributed by atoms with Crippen molar-refractivity contribution in [1.29, 1.82) is 0 Å². The van der Waals surface area contributed by atoms with E-state index in [0.29, 0.717) is 12.2 Å². The van der Waals surface area contributed by atoms with Crippen molar-refractivity contribution in [3.63, 3.8) is 0 Å². The average molecular weight is 330 g/mol. The van der Waals surface area contributed by atoms with E-state index in [-0.39, 0.29) is 11.9 Å². The third-order valence-electron chi connectivity index (χ3n) is 4.32. The van der Waals surface area contributed by atoms with Crippen LogP contribution in [0, 0.1) is 0 Å². The zero-order valence-electron chi connectivity index (χ0n) is 13.6. The van der Waals surface area contributed by atoms with E-state index in [4.69, 9.17) is 0 Å². The lowest BCUT2D eigenvalue weighted by atomic mass is 9.96. The van der Waals surface area contributed by atoms with Crippen LogP contribution in [0.15, 0.2) is 79.3 Å². The molecule has 5 nitrogen and oxygen atoms in total. The van der Waals surface area contributed by atoms with Crippen LogP contribution < -0.4 is 5.32 Å². The van der Waals surface area contributed by atoms with Crippen molar-refractivity contribution in [1.82, 2.24) is 14.8 Å². The van der Waals surface area contributed by atoms with E-state index in [1.54, 1.807) is 12.3 Å². The van der Waals surface area contributed by atoms with E-state index in [9.17, 15) is 4.79 Å². The summed E-state index contributed by atoms with van der Waals surface area (Å²) in [5, 5.41) is 11.8. The molecule has 124 valence electrons. The smallest absolute Gasteiger partial charge is 0.227 e. The lowest BCUT2D eigenvalue weighted by Crippen LogP contribution is -2.20. The number of nitrogens with zero attached hydrogens (tertiary/aromatic N) is 2. The van der Waals surface area contributed by atoms with E-state index in [2.05, 4.69) is 44.3 Å². The summed E-state index contributed by atoms with van der Waals surface area (Å²) in [5.41, 5.74) is 1.13. The molecular formula is C20H18N4O. The van der Waals surface area contributed by atoms with Crippen LogP contribution in [-0.2, 0) is 4.79 Å². The Balaban J connectivity index is 1.70. The maximum atomic E-state index is 12.6. The van der Waals surface area contributed by atoms with E-state index in [1.807, 2.05) is 42.7 Å². The van der Waals surface area contributed by atoms with Crippen molar-refractivity contribution in [3.05, 3.63) is 84.8 Å². The molecule has 1 unspecified atom stereocenters. The summed E-state index contributed by atoms with van der Waals surface area (Å²) in [6.45, 7) is 0. The Kier molecular flexibility index (Phi) is 4.04. The van der Waals surface area contributed by atoms with Crippen molar-refractivity contribution in [2.24, 2.45) is 0 Å². The number of rotatable bonds is 5. The number of fused-ring (bicyclic) bond motifs is 1. The van der Waals surface area contributed by atoms with Gasteiger partial charge in [0, 0.05) is 18.5 Å². The molecule has 0 fully saturated rings. The lowest BCUT2D eigenvalue weighted by Gasteiger charge is -2.21. The second-order valence-corrected chi connectivity index (χ2v) is 5.94. The molecule has 2 aromatic carbocycles. The molecule has 1 amide bonds. The second kappa shape index (κ2) is 6.65. The van der Waals surface area contributed by atoms with Crippen LogP contribution in [0.5, 0.6) is 0 Å². The molecule has 0 aliphatic carbocycles. The fraction of sp³-hybridized carbons (Fsp3) is 0.100. The zero-order valence-corrected chi connectivity index (χ0v) is 13.6. The first-order chi connectivity index (χ1) is 12.3. The number of carbonyl (C=O) groups is 1. The normalized spacial score (nSPS) is 12.2. The molecule has 4 aromatic rings. The highest BCUT2D eigenvalue weighted by Crippen LogP contribution is 2.29. The number of hydrogen-bond acceptors (Lipinski definition) is 2. The molecule has 2 aromatic heterocycles.